The van der Waals surface area contributed by atoms with Gasteiger partial charge < -0.3 is 15.6 Å². The van der Waals surface area contributed by atoms with Crippen LogP contribution >= 0.6 is 0 Å². The number of amides is 2. The highest BCUT2D eigenvalue weighted by Crippen LogP contribution is 2.21. The minimum absolute atomic E-state index is 0.0597. The highest BCUT2D eigenvalue weighted by Gasteiger charge is 2.23. The number of hydrogen-bond donors (Lipinski definition) is 3. The van der Waals surface area contributed by atoms with Gasteiger partial charge in [-0.25, -0.2) is 0 Å². The minimum atomic E-state index is -0.311. The third-order valence-corrected chi connectivity index (χ3v) is 6.62. The third-order valence-electron chi connectivity index (χ3n) is 6.62. The topological polar surface area (TPSA) is 77.2 Å². The molecular weight excluding hydrogens is 448 g/mol. The van der Waals surface area contributed by atoms with Crippen LogP contribution in [0.5, 0.6) is 0 Å². The predicted octanol–water partition coefficient (Wildman–Crippen LogP) is 4.72. The molecule has 5 rings (SSSR count). The number of hydrogen-bond acceptors (Lipinski definition) is 3. The lowest BCUT2D eigenvalue weighted by Crippen LogP contribution is -2.46. The average Bonchev–Trinajstić information content (AvgIpc) is 3.33. The van der Waals surface area contributed by atoms with Gasteiger partial charge in [-0.05, 0) is 42.7 Å². The van der Waals surface area contributed by atoms with E-state index in [-0.39, 0.29) is 23.6 Å². The summed E-state index contributed by atoms with van der Waals surface area (Å²) in [6, 6.07) is 27.3. The molecule has 0 atom stereocenters. The number of carbonyl (C=O) groups is 2. The minimum Gasteiger partial charge on any atom is -0.361 e. The number of H-pyrrole nitrogens is 1. The van der Waals surface area contributed by atoms with Gasteiger partial charge >= 0.3 is 0 Å². The molecule has 0 unspecified atom stereocenters. The van der Waals surface area contributed by atoms with Crippen LogP contribution < -0.4 is 10.6 Å². The maximum atomic E-state index is 13.4. The molecule has 0 bridgehead atoms. The van der Waals surface area contributed by atoms with E-state index >= 15 is 0 Å². The average molecular weight is 479 g/mol. The number of aromatic nitrogens is 1. The summed E-state index contributed by atoms with van der Waals surface area (Å²) < 4.78 is 0. The van der Waals surface area contributed by atoms with E-state index in [0.29, 0.717) is 5.56 Å². The summed E-state index contributed by atoms with van der Waals surface area (Å²) in [7, 11) is 0. The van der Waals surface area contributed by atoms with Crippen LogP contribution in [-0.4, -0.2) is 40.8 Å². The number of fused-ring (bicyclic) bond motifs is 1. The first-order valence-electron chi connectivity index (χ1n) is 12.4. The quantitative estimate of drug-likeness (QED) is 0.337. The van der Waals surface area contributed by atoms with Gasteiger partial charge in [-0.3, -0.25) is 14.5 Å². The van der Waals surface area contributed by atoms with Gasteiger partial charge in [0.25, 0.3) is 11.8 Å². The molecule has 4 aromatic rings. The molecule has 0 aliphatic carbocycles. The molecule has 182 valence electrons. The van der Waals surface area contributed by atoms with Crippen LogP contribution in [0.4, 0.5) is 0 Å². The van der Waals surface area contributed by atoms with Crippen LogP contribution in [0.2, 0.25) is 0 Å². The predicted molar refractivity (Wildman–Crippen MR) is 143 cm³/mol. The number of piperidine rings is 1. The molecule has 1 aromatic heterocycles. The number of rotatable bonds is 7. The van der Waals surface area contributed by atoms with E-state index in [1.165, 1.54) is 5.56 Å². The van der Waals surface area contributed by atoms with Crippen molar-refractivity contribution in [2.75, 3.05) is 13.1 Å². The fourth-order valence-corrected chi connectivity index (χ4v) is 4.65. The monoisotopic (exact) mass is 478 g/mol. The summed E-state index contributed by atoms with van der Waals surface area (Å²) in [4.78, 5) is 32.0. The molecule has 3 N–H and O–H groups in total. The zero-order chi connectivity index (χ0) is 24.7. The van der Waals surface area contributed by atoms with Crippen molar-refractivity contribution >= 4 is 28.8 Å². The second-order valence-electron chi connectivity index (χ2n) is 9.18. The summed E-state index contributed by atoms with van der Waals surface area (Å²) >= 11 is 0. The molecule has 3 aromatic carbocycles. The molecule has 1 fully saturated rings. The zero-order valence-electron chi connectivity index (χ0n) is 20.1. The molecule has 6 heteroatoms. The Morgan fingerprint density at radius 1 is 0.889 bits per heavy atom. The molecule has 1 saturated heterocycles. The van der Waals surface area contributed by atoms with Crippen molar-refractivity contribution in [2.24, 2.45) is 0 Å². The van der Waals surface area contributed by atoms with Gasteiger partial charge in [0.1, 0.15) is 5.70 Å². The Hall–Kier alpha value is -4.16. The summed E-state index contributed by atoms with van der Waals surface area (Å²) in [5, 5.41) is 7.01. The van der Waals surface area contributed by atoms with Gasteiger partial charge in [-0.1, -0.05) is 66.7 Å². The second-order valence-corrected chi connectivity index (χ2v) is 9.18. The lowest BCUT2D eigenvalue weighted by Gasteiger charge is -2.32. The van der Waals surface area contributed by atoms with E-state index in [4.69, 9.17) is 0 Å². The maximum Gasteiger partial charge on any atom is 0.268 e. The van der Waals surface area contributed by atoms with E-state index < -0.39 is 0 Å². The summed E-state index contributed by atoms with van der Waals surface area (Å²) in [6.45, 7) is 2.75. The number of likely N-dealkylation sites (tertiary alicyclic amines) is 1. The van der Waals surface area contributed by atoms with Gasteiger partial charge in [0.15, 0.2) is 0 Å². The normalized spacial score (nSPS) is 15.1. The molecule has 1 aliphatic rings. The molecule has 0 saturated carbocycles. The Morgan fingerprint density at radius 2 is 1.56 bits per heavy atom. The van der Waals surface area contributed by atoms with Crippen molar-refractivity contribution < 1.29 is 9.59 Å². The molecule has 6 nitrogen and oxygen atoms in total. The van der Waals surface area contributed by atoms with Crippen molar-refractivity contribution in [3.63, 3.8) is 0 Å². The van der Waals surface area contributed by atoms with Crippen LogP contribution in [0, 0.1) is 0 Å². The first-order valence-corrected chi connectivity index (χ1v) is 12.4. The molecule has 0 spiro atoms. The zero-order valence-corrected chi connectivity index (χ0v) is 20.1. The Morgan fingerprint density at radius 3 is 2.31 bits per heavy atom. The Labute approximate surface area is 211 Å². The smallest absolute Gasteiger partial charge is 0.268 e. The van der Waals surface area contributed by atoms with E-state index in [9.17, 15) is 9.59 Å². The number of para-hydroxylation sites is 1. The van der Waals surface area contributed by atoms with Crippen molar-refractivity contribution in [2.45, 2.75) is 25.4 Å². The summed E-state index contributed by atoms with van der Waals surface area (Å²) in [6.07, 6.45) is 5.34. The van der Waals surface area contributed by atoms with Gasteiger partial charge in [0.2, 0.25) is 0 Å². The highest BCUT2D eigenvalue weighted by atomic mass is 16.2. The Bertz CT molecular complexity index is 1350. The van der Waals surface area contributed by atoms with Gasteiger partial charge in [0.05, 0.1) is 0 Å². The summed E-state index contributed by atoms with van der Waals surface area (Å²) in [5.41, 5.74) is 3.86. The maximum absolute atomic E-state index is 13.4. The number of aromatic amines is 1. The van der Waals surface area contributed by atoms with E-state index in [2.05, 4.69) is 44.8 Å². The number of benzene rings is 3. The highest BCUT2D eigenvalue weighted by molar-refractivity contribution is 6.06. The fraction of sp³-hybridized carbons (Fsp3) is 0.200. The molecule has 1 aliphatic heterocycles. The van der Waals surface area contributed by atoms with Crippen LogP contribution in [0.1, 0.15) is 34.3 Å². The van der Waals surface area contributed by atoms with Crippen molar-refractivity contribution in [3.05, 3.63) is 114 Å². The van der Waals surface area contributed by atoms with Gasteiger partial charge in [0, 0.05) is 53.9 Å². The van der Waals surface area contributed by atoms with Crippen molar-refractivity contribution in [3.8, 4) is 0 Å². The lowest BCUT2D eigenvalue weighted by atomic mass is 10.0. The summed E-state index contributed by atoms with van der Waals surface area (Å²) in [5.74, 6) is -0.583. The SMILES string of the molecule is O=C(NC1CCN(Cc2ccccc2)CC1)C(=Cc1c[nH]c2ccccc12)NC(=O)c1ccccc1. The molecule has 2 heterocycles. The van der Waals surface area contributed by atoms with E-state index in [1.807, 2.05) is 42.6 Å². The lowest BCUT2D eigenvalue weighted by molar-refractivity contribution is -0.118. The second kappa shape index (κ2) is 11.1. The standard InChI is InChI=1S/C30H30N4O2/c35-29(23-11-5-2-6-12-23)33-28(19-24-20-31-27-14-8-7-13-26(24)27)30(36)32-25-15-17-34(18-16-25)21-22-9-3-1-4-10-22/h1-14,19-20,25,31H,15-18,21H2,(H,32,36)(H,33,35). The first-order chi connectivity index (χ1) is 17.7. The molecular formula is C30H30N4O2. The van der Waals surface area contributed by atoms with Crippen molar-refractivity contribution in [1.29, 1.82) is 0 Å². The fourth-order valence-electron chi connectivity index (χ4n) is 4.65. The third kappa shape index (κ3) is 5.73. The Kier molecular flexibility index (Phi) is 7.24. The van der Waals surface area contributed by atoms with E-state index in [1.54, 1.807) is 30.3 Å². The van der Waals surface area contributed by atoms with Crippen LogP contribution in [-0.2, 0) is 11.3 Å². The Balaban J connectivity index is 1.29. The van der Waals surface area contributed by atoms with Gasteiger partial charge in [-0.15, -0.1) is 0 Å². The van der Waals surface area contributed by atoms with E-state index in [0.717, 1.165) is 48.9 Å². The van der Waals surface area contributed by atoms with Crippen LogP contribution in [0.15, 0.2) is 96.8 Å². The van der Waals surface area contributed by atoms with Gasteiger partial charge in [-0.2, -0.15) is 0 Å². The molecule has 36 heavy (non-hydrogen) atoms. The number of nitrogens with one attached hydrogen (secondary N) is 3. The largest absolute Gasteiger partial charge is 0.361 e. The number of carbonyl (C=O) groups excluding carboxylic acids is 2. The first kappa shape index (κ1) is 23.6. The van der Waals surface area contributed by atoms with Crippen LogP contribution in [0.25, 0.3) is 17.0 Å². The molecule has 2 amide bonds. The number of nitrogens with zero attached hydrogens (tertiary/aromatic N) is 1. The van der Waals surface area contributed by atoms with Crippen molar-refractivity contribution in [1.82, 2.24) is 20.5 Å². The van der Waals surface area contributed by atoms with Crippen LogP contribution in [0.3, 0.4) is 0 Å². The molecule has 0 radical (unpaired) electrons.